The Kier molecular flexibility index (Phi) is 5.64. The lowest BCUT2D eigenvalue weighted by atomic mass is 10.2. The van der Waals surface area contributed by atoms with Crippen molar-refractivity contribution in [2.45, 2.75) is 32.7 Å². The van der Waals surface area contributed by atoms with Gasteiger partial charge in [-0.1, -0.05) is 6.92 Å². The number of pyridine rings is 1. The van der Waals surface area contributed by atoms with E-state index >= 15 is 0 Å². The van der Waals surface area contributed by atoms with E-state index in [1.165, 1.54) is 0 Å². The van der Waals surface area contributed by atoms with Crippen molar-refractivity contribution in [3.8, 4) is 5.75 Å². The fourth-order valence-electron chi connectivity index (χ4n) is 1.27. The molecule has 90 valence electrons. The zero-order chi connectivity index (χ0) is 11.8. The molecule has 0 aromatic carbocycles. The minimum absolute atomic E-state index is 0.205. The van der Waals surface area contributed by atoms with Gasteiger partial charge in [-0.25, -0.2) is 4.98 Å². The Morgan fingerprint density at radius 1 is 1.56 bits per heavy atom. The molecule has 0 radical (unpaired) electrons. The third kappa shape index (κ3) is 4.49. The second-order valence-electron chi connectivity index (χ2n) is 3.89. The van der Waals surface area contributed by atoms with Crippen LogP contribution in [0.2, 0.25) is 0 Å². The summed E-state index contributed by atoms with van der Waals surface area (Å²) < 4.78 is 5.59. The van der Waals surface area contributed by atoms with Crippen LogP contribution in [0.1, 0.15) is 26.7 Å². The van der Waals surface area contributed by atoms with Gasteiger partial charge < -0.3 is 15.8 Å². The first-order valence-electron chi connectivity index (χ1n) is 5.81. The average Bonchev–Trinajstić information content (AvgIpc) is 2.27. The molecule has 1 aromatic heterocycles. The van der Waals surface area contributed by atoms with Crippen molar-refractivity contribution in [2.75, 3.05) is 18.5 Å². The number of anilines is 1. The third-order valence-electron chi connectivity index (χ3n) is 2.12. The van der Waals surface area contributed by atoms with Crippen molar-refractivity contribution in [3.63, 3.8) is 0 Å². The zero-order valence-electron chi connectivity index (χ0n) is 10.1. The van der Waals surface area contributed by atoms with Crippen molar-refractivity contribution >= 4 is 5.82 Å². The summed E-state index contributed by atoms with van der Waals surface area (Å²) in [7, 11) is 0. The molecule has 0 saturated heterocycles. The quantitative estimate of drug-likeness (QED) is 0.742. The normalized spacial score (nSPS) is 12.2. The highest BCUT2D eigenvalue weighted by molar-refractivity contribution is 5.49. The van der Waals surface area contributed by atoms with Crippen LogP contribution in [0.4, 0.5) is 5.82 Å². The molecule has 1 atom stereocenters. The molecule has 0 spiro atoms. The molecule has 0 aliphatic heterocycles. The molecule has 0 fully saturated rings. The molecule has 4 heteroatoms. The fourth-order valence-corrected chi connectivity index (χ4v) is 1.27. The second-order valence-corrected chi connectivity index (χ2v) is 3.89. The monoisotopic (exact) mass is 223 g/mol. The summed E-state index contributed by atoms with van der Waals surface area (Å²) in [5, 5.41) is 3.24. The van der Waals surface area contributed by atoms with Crippen LogP contribution in [-0.4, -0.2) is 24.2 Å². The highest BCUT2D eigenvalue weighted by Crippen LogP contribution is 2.20. The van der Waals surface area contributed by atoms with Gasteiger partial charge in [0.15, 0.2) is 11.6 Å². The maximum Gasteiger partial charge on any atom is 0.168 e. The molecule has 0 amide bonds. The van der Waals surface area contributed by atoms with Crippen LogP contribution in [0.5, 0.6) is 5.75 Å². The van der Waals surface area contributed by atoms with E-state index in [2.05, 4.69) is 17.2 Å². The van der Waals surface area contributed by atoms with Crippen molar-refractivity contribution in [1.29, 1.82) is 0 Å². The Bertz CT molecular complexity index is 302. The van der Waals surface area contributed by atoms with E-state index in [4.69, 9.17) is 10.5 Å². The van der Waals surface area contributed by atoms with Crippen LogP contribution in [0.3, 0.4) is 0 Å². The van der Waals surface area contributed by atoms with E-state index < -0.39 is 0 Å². The number of hydrogen-bond donors (Lipinski definition) is 2. The topological polar surface area (TPSA) is 60.2 Å². The Balaban J connectivity index is 2.49. The number of ether oxygens (including phenoxy) is 1. The van der Waals surface area contributed by atoms with Gasteiger partial charge in [-0.3, -0.25) is 0 Å². The molecule has 1 unspecified atom stereocenters. The van der Waals surface area contributed by atoms with Gasteiger partial charge in [0.05, 0.1) is 6.61 Å². The van der Waals surface area contributed by atoms with Crippen LogP contribution in [0.25, 0.3) is 0 Å². The Morgan fingerprint density at radius 3 is 3.06 bits per heavy atom. The minimum Gasteiger partial charge on any atom is -0.490 e. The molecule has 0 aliphatic carbocycles. The van der Waals surface area contributed by atoms with Gasteiger partial charge in [-0.2, -0.15) is 0 Å². The predicted molar refractivity (Wildman–Crippen MR) is 66.8 cm³/mol. The summed E-state index contributed by atoms with van der Waals surface area (Å²) >= 11 is 0. The van der Waals surface area contributed by atoms with E-state index in [1.54, 1.807) is 6.20 Å². The van der Waals surface area contributed by atoms with E-state index in [9.17, 15) is 0 Å². The SMILES string of the molecule is CCCOc1cccnc1NCCC(C)N. The van der Waals surface area contributed by atoms with E-state index in [0.717, 1.165) is 31.0 Å². The molecule has 0 aliphatic rings. The van der Waals surface area contributed by atoms with Crippen molar-refractivity contribution in [3.05, 3.63) is 18.3 Å². The number of nitrogens with two attached hydrogens (primary N) is 1. The molecule has 3 N–H and O–H groups in total. The van der Waals surface area contributed by atoms with Crippen LogP contribution in [0, 0.1) is 0 Å². The number of aromatic nitrogens is 1. The van der Waals surface area contributed by atoms with E-state index in [-0.39, 0.29) is 6.04 Å². The molecule has 4 nitrogen and oxygen atoms in total. The zero-order valence-corrected chi connectivity index (χ0v) is 10.1. The number of hydrogen-bond acceptors (Lipinski definition) is 4. The van der Waals surface area contributed by atoms with Gasteiger partial charge in [-0.15, -0.1) is 0 Å². The lowest BCUT2D eigenvalue weighted by molar-refractivity contribution is 0.317. The summed E-state index contributed by atoms with van der Waals surface area (Å²) in [6.07, 6.45) is 3.67. The van der Waals surface area contributed by atoms with Crippen molar-refractivity contribution in [2.24, 2.45) is 5.73 Å². The molecular formula is C12H21N3O. The lowest BCUT2D eigenvalue weighted by Gasteiger charge is -2.12. The largest absolute Gasteiger partial charge is 0.490 e. The maximum atomic E-state index is 5.68. The molecule has 1 aromatic rings. The lowest BCUT2D eigenvalue weighted by Crippen LogP contribution is -2.19. The fraction of sp³-hybridized carbons (Fsp3) is 0.583. The summed E-state index contributed by atoms with van der Waals surface area (Å²) in [5.41, 5.74) is 5.68. The Hall–Kier alpha value is -1.29. The van der Waals surface area contributed by atoms with Gasteiger partial charge in [0, 0.05) is 18.8 Å². The third-order valence-corrected chi connectivity index (χ3v) is 2.12. The molecule has 0 bridgehead atoms. The van der Waals surface area contributed by atoms with Gasteiger partial charge >= 0.3 is 0 Å². The highest BCUT2D eigenvalue weighted by Gasteiger charge is 2.03. The highest BCUT2D eigenvalue weighted by atomic mass is 16.5. The predicted octanol–water partition coefficient (Wildman–Crippen LogP) is 2.02. The first-order chi connectivity index (χ1) is 7.74. The van der Waals surface area contributed by atoms with Crippen molar-refractivity contribution < 1.29 is 4.74 Å². The van der Waals surface area contributed by atoms with Crippen LogP contribution in [-0.2, 0) is 0 Å². The van der Waals surface area contributed by atoms with Gasteiger partial charge in [0.2, 0.25) is 0 Å². The maximum absolute atomic E-state index is 5.68. The molecule has 1 heterocycles. The first-order valence-corrected chi connectivity index (χ1v) is 5.81. The molecule has 1 rings (SSSR count). The Labute approximate surface area is 97.2 Å². The minimum atomic E-state index is 0.205. The number of nitrogens with one attached hydrogen (secondary N) is 1. The average molecular weight is 223 g/mol. The first kappa shape index (κ1) is 12.8. The van der Waals surface area contributed by atoms with Crippen molar-refractivity contribution in [1.82, 2.24) is 4.98 Å². The summed E-state index contributed by atoms with van der Waals surface area (Å²) in [4.78, 5) is 4.25. The van der Waals surface area contributed by atoms with Crippen LogP contribution in [0.15, 0.2) is 18.3 Å². The number of nitrogens with zero attached hydrogens (tertiary/aromatic N) is 1. The van der Waals surface area contributed by atoms with Gasteiger partial charge in [0.25, 0.3) is 0 Å². The second kappa shape index (κ2) is 7.06. The molecule has 0 saturated carbocycles. The molecule has 16 heavy (non-hydrogen) atoms. The van der Waals surface area contributed by atoms with Crippen LogP contribution < -0.4 is 15.8 Å². The summed E-state index contributed by atoms with van der Waals surface area (Å²) in [5.74, 6) is 1.62. The van der Waals surface area contributed by atoms with Crippen LogP contribution >= 0.6 is 0 Å². The van der Waals surface area contributed by atoms with Gasteiger partial charge in [-0.05, 0) is 31.9 Å². The van der Waals surface area contributed by atoms with E-state index in [1.807, 2.05) is 19.1 Å². The Morgan fingerprint density at radius 2 is 2.38 bits per heavy atom. The summed E-state index contributed by atoms with van der Waals surface area (Å²) in [6.45, 7) is 5.61. The molecular weight excluding hydrogens is 202 g/mol. The standard InChI is InChI=1S/C12H21N3O/c1-3-9-16-11-5-4-7-14-12(11)15-8-6-10(2)13/h4-5,7,10H,3,6,8-9,13H2,1-2H3,(H,14,15). The van der Waals surface area contributed by atoms with E-state index in [0.29, 0.717) is 6.61 Å². The summed E-state index contributed by atoms with van der Waals surface area (Å²) in [6, 6.07) is 4.01. The number of rotatable bonds is 7. The van der Waals surface area contributed by atoms with Gasteiger partial charge in [0.1, 0.15) is 0 Å². The smallest absolute Gasteiger partial charge is 0.168 e.